The Hall–Kier alpha value is -1.20. The predicted molar refractivity (Wildman–Crippen MR) is 55.2 cm³/mol. The minimum Gasteiger partial charge on any atom is -0.274 e. The van der Waals surface area contributed by atoms with Gasteiger partial charge in [-0.15, -0.1) is 0 Å². The Morgan fingerprint density at radius 1 is 1.57 bits per heavy atom. The van der Waals surface area contributed by atoms with Crippen molar-refractivity contribution >= 4 is 22.9 Å². The van der Waals surface area contributed by atoms with Crippen LogP contribution in [0.2, 0.25) is 5.15 Å². The maximum atomic E-state index is 7.51. The summed E-state index contributed by atoms with van der Waals surface area (Å²) < 4.78 is 1.52. The highest BCUT2D eigenvalue weighted by molar-refractivity contribution is 7.12. The van der Waals surface area contributed by atoms with Crippen molar-refractivity contribution in [3.63, 3.8) is 0 Å². The first-order valence-corrected chi connectivity index (χ1v) is 5.07. The van der Waals surface area contributed by atoms with Gasteiger partial charge in [0, 0.05) is 18.8 Å². The molecule has 2 aromatic heterocycles. The Balaban J connectivity index is 2.54. The van der Waals surface area contributed by atoms with Gasteiger partial charge in [-0.3, -0.25) is 5.41 Å². The van der Waals surface area contributed by atoms with Crippen LogP contribution in [0.3, 0.4) is 0 Å². The first-order chi connectivity index (χ1) is 6.66. The molecule has 2 rings (SSSR count). The molecule has 2 aromatic rings. The Kier molecular flexibility index (Phi) is 2.35. The number of halogens is 1. The molecular formula is C8H7ClN4S. The van der Waals surface area contributed by atoms with E-state index in [2.05, 4.69) is 10.1 Å². The monoisotopic (exact) mass is 226 g/mol. The molecule has 72 valence electrons. The smallest absolute Gasteiger partial charge is 0.200 e. The molecule has 0 unspecified atom stereocenters. The van der Waals surface area contributed by atoms with Crippen LogP contribution in [0.5, 0.6) is 0 Å². The molecule has 4 nitrogen and oxygen atoms in total. The molecule has 0 saturated carbocycles. The van der Waals surface area contributed by atoms with Gasteiger partial charge in [-0.1, -0.05) is 22.9 Å². The summed E-state index contributed by atoms with van der Waals surface area (Å²) in [5, 5.41) is 12.9. The molecule has 0 aliphatic heterocycles. The average molecular weight is 227 g/mol. The van der Waals surface area contributed by atoms with Crippen LogP contribution in [0.25, 0.3) is 10.6 Å². The van der Waals surface area contributed by atoms with Crippen molar-refractivity contribution in [3.05, 3.63) is 28.3 Å². The lowest BCUT2D eigenvalue weighted by atomic mass is 10.3. The van der Waals surface area contributed by atoms with Crippen molar-refractivity contribution < 1.29 is 0 Å². The summed E-state index contributed by atoms with van der Waals surface area (Å²) in [6, 6.07) is 3.56. The third-order valence-corrected chi connectivity index (χ3v) is 2.88. The number of aromatic nitrogens is 3. The van der Waals surface area contributed by atoms with Gasteiger partial charge in [0.25, 0.3) is 0 Å². The minimum absolute atomic E-state index is 0.410. The van der Waals surface area contributed by atoms with E-state index in [9.17, 15) is 0 Å². The molecular weight excluding hydrogens is 220 g/mol. The van der Waals surface area contributed by atoms with E-state index >= 15 is 0 Å². The highest BCUT2D eigenvalue weighted by Crippen LogP contribution is 2.20. The number of hydrogen-bond donors (Lipinski definition) is 1. The fourth-order valence-electron chi connectivity index (χ4n) is 1.01. The Bertz CT molecular complexity index is 516. The summed E-state index contributed by atoms with van der Waals surface area (Å²) in [6.45, 7) is 0. The zero-order chi connectivity index (χ0) is 10.1. The lowest BCUT2D eigenvalue weighted by Gasteiger charge is -1.94. The van der Waals surface area contributed by atoms with Gasteiger partial charge >= 0.3 is 0 Å². The van der Waals surface area contributed by atoms with Gasteiger partial charge in [-0.2, -0.15) is 5.10 Å². The number of pyridine rings is 1. The summed E-state index contributed by atoms with van der Waals surface area (Å²) in [4.78, 5) is 4.29. The highest BCUT2D eigenvalue weighted by atomic mass is 35.5. The fraction of sp³-hybridized carbons (Fsp3) is 0.125. The van der Waals surface area contributed by atoms with Crippen molar-refractivity contribution in [1.29, 1.82) is 5.41 Å². The third-order valence-electron chi connectivity index (χ3n) is 1.70. The van der Waals surface area contributed by atoms with E-state index in [0.29, 0.717) is 9.95 Å². The highest BCUT2D eigenvalue weighted by Gasteiger charge is 2.04. The van der Waals surface area contributed by atoms with E-state index in [1.807, 2.05) is 6.07 Å². The molecule has 0 fully saturated rings. The van der Waals surface area contributed by atoms with Crippen molar-refractivity contribution in [3.8, 4) is 10.6 Å². The summed E-state index contributed by atoms with van der Waals surface area (Å²) in [5.74, 6) is 0. The lowest BCUT2D eigenvalue weighted by molar-refractivity contribution is 0.723. The second kappa shape index (κ2) is 3.51. The molecule has 2 heterocycles. The molecule has 0 atom stereocenters. The van der Waals surface area contributed by atoms with Gasteiger partial charge in [0.1, 0.15) is 10.2 Å². The Morgan fingerprint density at radius 3 is 2.93 bits per heavy atom. The van der Waals surface area contributed by atoms with Crippen molar-refractivity contribution in [2.75, 3.05) is 0 Å². The normalized spacial score (nSPS) is 10.4. The standard InChI is InChI=1S/C8H7ClN4S/c1-13-8(10)14-7(12-13)5-2-3-11-6(9)4-5/h2-4,10H,1H3. The topological polar surface area (TPSA) is 54.6 Å². The Morgan fingerprint density at radius 2 is 2.36 bits per heavy atom. The number of rotatable bonds is 1. The van der Waals surface area contributed by atoms with Gasteiger partial charge in [0.2, 0.25) is 0 Å². The van der Waals surface area contributed by atoms with Crippen LogP contribution >= 0.6 is 22.9 Å². The number of nitrogens with zero attached hydrogens (tertiary/aromatic N) is 3. The number of nitrogens with one attached hydrogen (secondary N) is 1. The molecule has 0 spiro atoms. The van der Waals surface area contributed by atoms with E-state index in [-0.39, 0.29) is 0 Å². The summed E-state index contributed by atoms with van der Waals surface area (Å²) >= 11 is 7.06. The fourth-order valence-corrected chi connectivity index (χ4v) is 1.95. The zero-order valence-electron chi connectivity index (χ0n) is 7.36. The van der Waals surface area contributed by atoms with Gasteiger partial charge < -0.3 is 0 Å². The number of hydrogen-bond acceptors (Lipinski definition) is 4. The van der Waals surface area contributed by atoms with Crippen molar-refractivity contribution in [2.24, 2.45) is 7.05 Å². The predicted octanol–water partition coefficient (Wildman–Crippen LogP) is 1.68. The summed E-state index contributed by atoms with van der Waals surface area (Å²) in [6.07, 6.45) is 1.63. The van der Waals surface area contributed by atoms with Crippen LogP contribution in [0.1, 0.15) is 0 Å². The average Bonchev–Trinajstić information content (AvgIpc) is 2.47. The van der Waals surface area contributed by atoms with Crippen molar-refractivity contribution in [1.82, 2.24) is 14.8 Å². The van der Waals surface area contributed by atoms with Crippen LogP contribution < -0.4 is 4.80 Å². The van der Waals surface area contributed by atoms with Crippen LogP contribution in [0.4, 0.5) is 0 Å². The lowest BCUT2D eigenvalue weighted by Crippen LogP contribution is -2.08. The third kappa shape index (κ3) is 1.69. The van der Waals surface area contributed by atoms with Gasteiger partial charge in [0.15, 0.2) is 4.80 Å². The summed E-state index contributed by atoms with van der Waals surface area (Å²) in [7, 11) is 1.74. The minimum atomic E-state index is 0.410. The van der Waals surface area contributed by atoms with Crippen LogP contribution in [0.15, 0.2) is 18.3 Å². The largest absolute Gasteiger partial charge is 0.274 e. The molecule has 6 heteroatoms. The molecule has 0 bridgehead atoms. The van der Waals surface area contributed by atoms with E-state index in [4.69, 9.17) is 17.0 Å². The molecule has 0 amide bonds. The summed E-state index contributed by atoms with van der Waals surface area (Å²) in [5.41, 5.74) is 0.893. The second-order valence-electron chi connectivity index (χ2n) is 2.70. The second-order valence-corrected chi connectivity index (χ2v) is 4.07. The maximum absolute atomic E-state index is 7.51. The van der Waals surface area contributed by atoms with Gasteiger partial charge in [-0.05, 0) is 12.1 Å². The van der Waals surface area contributed by atoms with Crippen molar-refractivity contribution in [2.45, 2.75) is 0 Å². The maximum Gasteiger partial charge on any atom is 0.200 e. The quantitative estimate of drug-likeness (QED) is 0.753. The van der Waals surface area contributed by atoms with E-state index in [1.54, 1.807) is 19.3 Å². The zero-order valence-corrected chi connectivity index (χ0v) is 8.93. The molecule has 0 aliphatic rings. The van der Waals surface area contributed by atoms with Crippen LogP contribution in [-0.4, -0.2) is 14.8 Å². The van der Waals surface area contributed by atoms with Crippen LogP contribution in [-0.2, 0) is 7.05 Å². The van der Waals surface area contributed by atoms with E-state index < -0.39 is 0 Å². The van der Waals surface area contributed by atoms with E-state index in [1.165, 1.54) is 16.0 Å². The number of aryl methyl sites for hydroxylation is 1. The van der Waals surface area contributed by atoms with E-state index in [0.717, 1.165) is 10.6 Å². The Labute approximate surface area is 89.3 Å². The van der Waals surface area contributed by atoms with Crippen LogP contribution in [0, 0.1) is 5.41 Å². The van der Waals surface area contributed by atoms with Gasteiger partial charge in [-0.25, -0.2) is 9.67 Å². The SMILES string of the molecule is Cn1nc(-c2ccnc(Cl)c2)sc1=N. The molecule has 14 heavy (non-hydrogen) atoms. The molecule has 0 aliphatic carbocycles. The molecule has 0 saturated heterocycles. The molecule has 1 N–H and O–H groups in total. The molecule has 0 radical (unpaired) electrons. The first kappa shape index (κ1) is 9.36. The van der Waals surface area contributed by atoms with Gasteiger partial charge in [0.05, 0.1) is 0 Å². The first-order valence-electron chi connectivity index (χ1n) is 3.87. The molecule has 0 aromatic carbocycles.